The molecule has 0 saturated heterocycles. The lowest BCUT2D eigenvalue weighted by Gasteiger charge is -2.21. The first kappa shape index (κ1) is 30.8. The third-order valence-electron chi connectivity index (χ3n) is 5.42. The number of allylic oxidation sites excluding steroid dienone is 1. The molecule has 3 rings (SSSR count). The average Bonchev–Trinajstić information content (AvgIpc) is 2.85. The lowest BCUT2D eigenvalue weighted by molar-refractivity contribution is 0.308. The quantitative estimate of drug-likeness (QED) is 0.150. The summed E-state index contributed by atoms with van der Waals surface area (Å²) in [6.07, 6.45) is 4.39. The van der Waals surface area contributed by atoms with Crippen molar-refractivity contribution < 1.29 is 43.8 Å². The number of ether oxygens (including phenoxy) is 3. The smallest absolute Gasteiger partial charge is 0.306 e. The maximum Gasteiger partial charge on any atom is 0.306 e. The highest BCUT2D eigenvalue weighted by molar-refractivity contribution is 7.86. The standard InChI is InChI=1S/C28H31FO9S2/c1-18(2)8-7-15-36-24-14-11-20(16-23(24)29)26-25(34-3)17-22(27(35-4)28(26)38-40(6,32)33)19-9-12-21(13-10-19)37-39(5,30)31/h8-14,16-17H,7,15H2,1-6H3. The van der Waals surface area contributed by atoms with Gasteiger partial charge in [-0.05, 0) is 61.7 Å². The molecule has 0 saturated carbocycles. The van der Waals surface area contributed by atoms with Crippen LogP contribution in [0.1, 0.15) is 20.3 Å². The molecule has 0 unspecified atom stereocenters. The van der Waals surface area contributed by atoms with E-state index in [2.05, 4.69) is 0 Å². The van der Waals surface area contributed by atoms with Crippen LogP contribution in [0.4, 0.5) is 4.39 Å². The first-order valence-electron chi connectivity index (χ1n) is 12.0. The Labute approximate surface area is 234 Å². The van der Waals surface area contributed by atoms with E-state index in [0.717, 1.165) is 18.1 Å². The molecule has 0 radical (unpaired) electrons. The summed E-state index contributed by atoms with van der Waals surface area (Å²) in [4.78, 5) is 0. The summed E-state index contributed by atoms with van der Waals surface area (Å²) in [6, 6.07) is 11.8. The summed E-state index contributed by atoms with van der Waals surface area (Å²) in [7, 11) is -5.11. The molecule has 40 heavy (non-hydrogen) atoms. The van der Waals surface area contributed by atoms with E-state index in [4.69, 9.17) is 22.6 Å². The van der Waals surface area contributed by atoms with Crippen LogP contribution >= 0.6 is 0 Å². The number of halogens is 1. The van der Waals surface area contributed by atoms with Gasteiger partial charge >= 0.3 is 20.2 Å². The van der Waals surface area contributed by atoms with E-state index in [9.17, 15) is 16.8 Å². The minimum atomic E-state index is -4.08. The zero-order valence-electron chi connectivity index (χ0n) is 23.0. The fourth-order valence-corrected chi connectivity index (χ4v) is 4.78. The van der Waals surface area contributed by atoms with Gasteiger partial charge in [-0.3, -0.25) is 0 Å². The van der Waals surface area contributed by atoms with Crippen LogP contribution in [0.5, 0.6) is 28.7 Å². The molecule has 0 fully saturated rings. The lowest BCUT2D eigenvalue weighted by atomic mass is 9.96. The highest BCUT2D eigenvalue weighted by Gasteiger charge is 2.27. The van der Waals surface area contributed by atoms with Crippen molar-refractivity contribution in [2.24, 2.45) is 0 Å². The molecule has 0 spiro atoms. The lowest BCUT2D eigenvalue weighted by Crippen LogP contribution is -2.09. The normalized spacial score (nSPS) is 11.5. The Kier molecular flexibility index (Phi) is 9.69. The van der Waals surface area contributed by atoms with Crippen molar-refractivity contribution in [3.05, 3.63) is 66.0 Å². The summed E-state index contributed by atoms with van der Waals surface area (Å²) in [5.74, 6) is -0.558. The van der Waals surface area contributed by atoms with E-state index < -0.39 is 26.1 Å². The second-order valence-corrected chi connectivity index (χ2v) is 12.2. The van der Waals surface area contributed by atoms with Crippen molar-refractivity contribution in [1.29, 1.82) is 0 Å². The molecule has 3 aromatic rings. The van der Waals surface area contributed by atoms with E-state index in [1.807, 2.05) is 19.9 Å². The van der Waals surface area contributed by atoms with E-state index in [-0.39, 0.29) is 46.5 Å². The van der Waals surface area contributed by atoms with Gasteiger partial charge in [-0.15, -0.1) is 0 Å². The first-order chi connectivity index (χ1) is 18.7. The number of methoxy groups -OCH3 is 2. The van der Waals surface area contributed by atoms with Crippen molar-refractivity contribution in [1.82, 2.24) is 0 Å². The monoisotopic (exact) mass is 594 g/mol. The van der Waals surface area contributed by atoms with Crippen LogP contribution in [0, 0.1) is 5.82 Å². The predicted octanol–water partition coefficient (Wildman–Crippen LogP) is 5.59. The number of rotatable bonds is 12. The van der Waals surface area contributed by atoms with Crippen molar-refractivity contribution in [3.63, 3.8) is 0 Å². The van der Waals surface area contributed by atoms with Gasteiger partial charge in [0.1, 0.15) is 11.5 Å². The van der Waals surface area contributed by atoms with Gasteiger partial charge in [0.15, 0.2) is 23.1 Å². The van der Waals surface area contributed by atoms with Gasteiger partial charge in [-0.25, -0.2) is 4.39 Å². The zero-order valence-corrected chi connectivity index (χ0v) is 24.6. The molecule has 0 atom stereocenters. The Balaban J connectivity index is 2.16. The minimum absolute atomic E-state index is 0.0282. The van der Waals surface area contributed by atoms with E-state index in [1.165, 1.54) is 38.5 Å². The highest BCUT2D eigenvalue weighted by atomic mass is 32.2. The molecule has 3 aromatic carbocycles. The molecule has 0 aliphatic heterocycles. The summed E-state index contributed by atoms with van der Waals surface area (Å²) < 4.78 is 89.6. The Morgan fingerprint density at radius 2 is 1.43 bits per heavy atom. The number of benzene rings is 3. The summed E-state index contributed by atoms with van der Waals surface area (Å²) >= 11 is 0. The second kappa shape index (κ2) is 12.6. The molecule has 0 aliphatic rings. The fourth-order valence-electron chi connectivity index (χ4n) is 3.85. The van der Waals surface area contributed by atoms with Crippen LogP contribution < -0.4 is 22.6 Å². The molecule has 216 valence electrons. The second-order valence-electron chi connectivity index (χ2n) is 9.03. The topological polar surface area (TPSA) is 114 Å². The highest BCUT2D eigenvalue weighted by Crippen LogP contribution is 2.51. The molecule has 0 amide bonds. The molecular formula is C28H31FO9S2. The maximum absolute atomic E-state index is 15.1. The van der Waals surface area contributed by atoms with Gasteiger partial charge < -0.3 is 22.6 Å². The fraction of sp³-hybridized carbons (Fsp3) is 0.286. The van der Waals surface area contributed by atoms with Gasteiger partial charge in [0.25, 0.3) is 0 Å². The van der Waals surface area contributed by atoms with Crippen LogP contribution in [0.3, 0.4) is 0 Å². The first-order valence-corrected chi connectivity index (χ1v) is 15.6. The third-order valence-corrected chi connectivity index (χ3v) is 6.38. The van der Waals surface area contributed by atoms with Gasteiger partial charge in [0, 0.05) is 5.56 Å². The molecular weight excluding hydrogens is 563 g/mol. The summed E-state index contributed by atoms with van der Waals surface area (Å²) in [5.41, 5.74) is 2.40. The van der Waals surface area contributed by atoms with E-state index >= 15 is 4.39 Å². The van der Waals surface area contributed by atoms with Crippen molar-refractivity contribution in [2.45, 2.75) is 20.3 Å². The van der Waals surface area contributed by atoms with Gasteiger partial charge in [0.2, 0.25) is 0 Å². The summed E-state index contributed by atoms with van der Waals surface area (Å²) in [5, 5.41) is 0. The van der Waals surface area contributed by atoms with Crippen LogP contribution in [0.2, 0.25) is 0 Å². The zero-order chi connectivity index (χ0) is 29.7. The third kappa shape index (κ3) is 8.12. The SMILES string of the molecule is COc1cc(-c2ccc(OS(C)(=O)=O)cc2)c(OC)c(OS(C)(=O)=O)c1-c1ccc(OCCC=C(C)C)c(F)c1. The Morgan fingerprint density at radius 3 is 1.95 bits per heavy atom. The van der Waals surface area contributed by atoms with Crippen molar-refractivity contribution in [2.75, 3.05) is 33.3 Å². The van der Waals surface area contributed by atoms with E-state index in [0.29, 0.717) is 17.5 Å². The van der Waals surface area contributed by atoms with Crippen LogP contribution in [0.15, 0.2) is 60.2 Å². The molecule has 0 heterocycles. The molecule has 12 heteroatoms. The molecule has 9 nitrogen and oxygen atoms in total. The Morgan fingerprint density at radius 1 is 0.800 bits per heavy atom. The average molecular weight is 595 g/mol. The Hall–Kier alpha value is -3.77. The van der Waals surface area contributed by atoms with E-state index in [1.54, 1.807) is 24.3 Å². The predicted molar refractivity (Wildman–Crippen MR) is 151 cm³/mol. The van der Waals surface area contributed by atoms with Gasteiger partial charge in [0.05, 0.1) is 38.9 Å². The van der Waals surface area contributed by atoms with Crippen LogP contribution in [-0.2, 0) is 20.2 Å². The van der Waals surface area contributed by atoms with Crippen LogP contribution in [0.25, 0.3) is 22.3 Å². The Bertz CT molecular complexity index is 1610. The molecule has 0 bridgehead atoms. The summed E-state index contributed by atoms with van der Waals surface area (Å²) in [6.45, 7) is 4.20. The molecule has 0 aromatic heterocycles. The minimum Gasteiger partial charge on any atom is -0.496 e. The van der Waals surface area contributed by atoms with Crippen molar-refractivity contribution >= 4 is 20.2 Å². The van der Waals surface area contributed by atoms with Gasteiger partial charge in [-0.2, -0.15) is 16.8 Å². The van der Waals surface area contributed by atoms with Crippen molar-refractivity contribution in [3.8, 4) is 51.0 Å². The molecule has 0 aliphatic carbocycles. The van der Waals surface area contributed by atoms with Crippen LogP contribution in [-0.4, -0.2) is 50.2 Å². The molecule has 0 N–H and O–H groups in total. The largest absolute Gasteiger partial charge is 0.496 e. The number of hydrogen-bond acceptors (Lipinski definition) is 9. The van der Waals surface area contributed by atoms with Gasteiger partial charge in [-0.1, -0.05) is 29.8 Å². The number of hydrogen-bond donors (Lipinski definition) is 0. The maximum atomic E-state index is 15.1.